The quantitative estimate of drug-likeness (QED) is 0.884. The minimum atomic E-state index is -0.143. The normalized spacial score (nSPS) is 10.5. The van der Waals surface area contributed by atoms with Crippen LogP contribution in [-0.4, -0.2) is 16.1 Å². The van der Waals surface area contributed by atoms with Gasteiger partial charge in [-0.2, -0.15) is 5.10 Å². The van der Waals surface area contributed by atoms with E-state index in [2.05, 4.69) is 41.5 Å². The number of carbonyl (C=O) groups excluding carboxylic acids is 1. The number of aromatic nitrogens is 2. The third kappa shape index (κ3) is 3.22. The first-order valence-electron chi connectivity index (χ1n) is 6.48. The third-order valence-electron chi connectivity index (χ3n) is 3.18. The minimum absolute atomic E-state index is 0.143. The van der Waals surface area contributed by atoms with Gasteiger partial charge in [-0.3, -0.25) is 9.89 Å². The molecule has 0 spiro atoms. The number of rotatable bonds is 4. The summed E-state index contributed by atoms with van der Waals surface area (Å²) in [5.74, 6) is -0.143. The molecule has 2 aromatic rings. The number of H-pyrrole nitrogens is 1. The first kappa shape index (κ1) is 13.3. The smallest absolute Gasteiger partial charge is 0.272 e. The first-order chi connectivity index (χ1) is 9.10. The lowest BCUT2D eigenvalue weighted by Crippen LogP contribution is -2.23. The molecule has 19 heavy (non-hydrogen) atoms. The molecular formula is C15H19N3O. The topological polar surface area (TPSA) is 57.8 Å². The van der Waals surface area contributed by atoms with Gasteiger partial charge >= 0.3 is 0 Å². The summed E-state index contributed by atoms with van der Waals surface area (Å²) in [6, 6.07) is 8.01. The second-order valence-electron chi connectivity index (χ2n) is 4.74. The SMILES string of the molecule is CCc1cc(C(=O)NCc2ccc(C)cc2C)n[nH]1. The van der Waals surface area contributed by atoms with Crippen molar-refractivity contribution in [3.63, 3.8) is 0 Å². The fourth-order valence-corrected chi connectivity index (χ4v) is 1.97. The van der Waals surface area contributed by atoms with Crippen molar-refractivity contribution >= 4 is 5.91 Å². The van der Waals surface area contributed by atoms with Gasteiger partial charge in [-0.05, 0) is 37.5 Å². The number of aromatic amines is 1. The number of carbonyl (C=O) groups is 1. The summed E-state index contributed by atoms with van der Waals surface area (Å²) in [6.07, 6.45) is 0.845. The van der Waals surface area contributed by atoms with Crippen molar-refractivity contribution in [3.05, 3.63) is 52.3 Å². The maximum Gasteiger partial charge on any atom is 0.272 e. The van der Waals surface area contributed by atoms with E-state index in [9.17, 15) is 4.79 Å². The summed E-state index contributed by atoms with van der Waals surface area (Å²) in [5, 5.41) is 9.73. The summed E-state index contributed by atoms with van der Waals surface area (Å²) in [6.45, 7) is 6.66. The maximum atomic E-state index is 11.9. The van der Waals surface area contributed by atoms with Crippen LogP contribution in [0.3, 0.4) is 0 Å². The van der Waals surface area contributed by atoms with E-state index < -0.39 is 0 Å². The second-order valence-corrected chi connectivity index (χ2v) is 4.74. The predicted octanol–water partition coefficient (Wildman–Crippen LogP) is 2.52. The van der Waals surface area contributed by atoms with Gasteiger partial charge in [0, 0.05) is 12.2 Å². The van der Waals surface area contributed by atoms with E-state index in [-0.39, 0.29) is 5.91 Å². The van der Waals surface area contributed by atoms with Crippen LogP contribution in [0.4, 0.5) is 0 Å². The van der Waals surface area contributed by atoms with Gasteiger partial charge in [0.25, 0.3) is 5.91 Å². The molecule has 2 rings (SSSR count). The zero-order valence-electron chi connectivity index (χ0n) is 11.6. The summed E-state index contributed by atoms with van der Waals surface area (Å²) >= 11 is 0. The molecule has 0 radical (unpaired) electrons. The molecule has 0 saturated heterocycles. The minimum Gasteiger partial charge on any atom is -0.347 e. The summed E-state index contributed by atoms with van der Waals surface area (Å²) in [4.78, 5) is 11.9. The highest BCUT2D eigenvalue weighted by atomic mass is 16.1. The highest BCUT2D eigenvalue weighted by Crippen LogP contribution is 2.10. The molecule has 0 aliphatic rings. The average molecular weight is 257 g/mol. The molecule has 0 saturated carbocycles. The monoisotopic (exact) mass is 257 g/mol. The average Bonchev–Trinajstić information content (AvgIpc) is 2.86. The molecule has 0 atom stereocenters. The van der Waals surface area contributed by atoms with Crippen LogP contribution in [-0.2, 0) is 13.0 Å². The van der Waals surface area contributed by atoms with Gasteiger partial charge in [0.05, 0.1) is 0 Å². The number of nitrogens with one attached hydrogen (secondary N) is 2. The Morgan fingerprint density at radius 1 is 1.32 bits per heavy atom. The Morgan fingerprint density at radius 2 is 2.11 bits per heavy atom. The lowest BCUT2D eigenvalue weighted by Gasteiger charge is -2.07. The van der Waals surface area contributed by atoms with Crippen LogP contribution >= 0.6 is 0 Å². The number of hydrogen-bond acceptors (Lipinski definition) is 2. The fraction of sp³-hybridized carbons (Fsp3) is 0.333. The molecule has 4 nitrogen and oxygen atoms in total. The zero-order valence-corrected chi connectivity index (χ0v) is 11.6. The third-order valence-corrected chi connectivity index (χ3v) is 3.18. The molecule has 0 unspecified atom stereocenters. The molecule has 0 bridgehead atoms. The van der Waals surface area contributed by atoms with Gasteiger partial charge in [-0.25, -0.2) is 0 Å². The fourth-order valence-electron chi connectivity index (χ4n) is 1.97. The molecule has 1 aromatic heterocycles. The van der Waals surface area contributed by atoms with E-state index in [1.807, 2.05) is 13.0 Å². The van der Waals surface area contributed by atoms with Crippen molar-refractivity contribution in [1.82, 2.24) is 15.5 Å². The standard InChI is InChI=1S/C15H19N3O/c1-4-13-8-14(18-17-13)15(19)16-9-12-6-5-10(2)7-11(12)3/h5-8H,4,9H2,1-3H3,(H,16,19)(H,17,18). The molecule has 0 fully saturated rings. The Balaban J connectivity index is 2.00. The maximum absolute atomic E-state index is 11.9. The Morgan fingerprint density at radius 3 is 2.74 bits per heavy atom. The van der Waals surface area contributed by atoms with Crippen molar-refractivity contribution in [3.8, 4) is 0 Å². The summed E-state index contributed by atoms with van der Waals surface area (Å²) < 4.78 is 0. The van der Waals surface area contributed by atoms with Crippen molar-refractivity contribution in [2.24, 2.45) is 0 Å². The van der Waals surface area contributed by atoms with E-state index >= 15 is 0 Å². The van der Waals surface area contributed by atoms with Crippen molar-refractivity contribution in [2.75, 3.05) is 0 Å². The lowest BCUT2D eigenvalue weighted by molar-refractivity contribution is 0.0946. The van der Waals surface area contributed by atoms with Crippen LogP contribution < -0.4 is 5.32 Å². The van der Waals surface area contributed by atoms with E-state index in [1.54, 1.807) is 6.07 Å². The summed E-state index contributed by atoms with van der Waals surface area (Å²) in [5.41, 5.74) is 4.97. The molecule has 1 heterocycles. The van der Waals surface area contributed by atoms with Crippen LogP contribution in [0.5, 0.6) is 0 Å². The van der Waals surface area contributed by atoms with Gasteiger partial charge in [-0.15, -0.1) is 0 Å². The largest absolute Gasteiger partial charge is 0.347 e. The number of hydrogen-bond donors (Lipinski definition) is 2. The van der Waals surface area contributed by atoms with Crippen LogP contribution in [0.15, 0.2) is 24.3 Å². The molecule has 2 N–H and O–H groups in total. The molecular weight excluding hydrogens is 238 g/mol. The van der Waals surface area contributed by atoms with E-state index in [0.29, 0.717) is 12.2 Å². The summed E-state index contributed by atoms with van der Waals surface area (Å²) in [7, 11) is 0. The van der Waals surface area contributed by atoms with Crippen molar-refractivity contribution in [1.29, 1.82) is 0 Å². The van der Waals surface area contributed by atoms with Gasteiger partial charge in [0.2, 0.25) is 0 Å². The van der Waals surface area contributed by atoms with Gasteiger partial charge in [0.1, 0.15) is 5.69 Å². The van der Waals surface area contributed by atoms with Gasteiger partial charge in [0.15, 0.2) is 0 Å². The van der Waals surface area contributed by atoms with E-state index in [0.717, 1.165) is 17.7 Å². The van der Waals surface area contributed by atoms with Crippen LogP contribution in [0.25, 0.3) is 0 Å². The second kappa shape index (κ2) is 5.69. The van der Waals surface area contributed by atoms with E-state index in [4.69, 9.17) is 0 Å². The number of aryl methyl sites for hydroxylation is 3. The Labute approximate surface area is 113 Å². The predicted molar refractivity (Wildman–Crippen MR) is 75.1 cm³/mol. The van der Waals surface area contributed by atoms with Crippen molar-refractivity contribution in [2.45, 2.75) is 33.7 Å². The van der Waals surface area contributed by atoms with Gasteiger partial charge in [-0.1, -0.05) is 30.7 Å². The highest BCUT2D eigenvalue weighted by molar-refractivity contribution is 5.92. The molecule has 0 aliphatic heterocycles. The molecule has 100 valence electrons. The molecule has 1 amide bonds. The van der Waals surface area contributed by atoms with E-state index in [1.165, 1.54) is 11.1 Å². The highest BCUT2D eigenvalue weighted by Gasteiger charge is 2.09. The van der Waals surface area contributed by atoms with Crippen molar-refractivity contribution < 1.29 is 4.79 Å². The number of nitrogens with zero attached hydrogens (tertiary/aromatic N) is 1. The Kier molecular flexibility index (Phi) is 4.00. The van der Waals surface area contributed by atoms with Crippen LogP contribution in [0.2, 0.25) is 0 Å². The molecule has 1 aromatic carbocycles. The zero-order chi connectivity index (χ0) is 13.8. The lowest BCUT2D eigenvalue weighted by atomic mass is 10.1. The van der Waals surface area contributed by atoms with Crippen LogP contribution in [0.1, 0.15) is 39.8 Å². The number of amides is 1. The Bertz CT molecular complexity index is 587. The molecule has 4 heteroatoms. The number of benzene rings is 1. The molecule has 0 aliphatic carbocycles. The first-order valence-corrected chi connectivity index (χ1v) is 6.48. The Hall–Kier alpha value is -2.10. The van der Waals surface area contributed by atoms with Crippen LogP contribution in [0, 0.1) is 13.8 Å². The van der Waals surface area contributed by atoms with Gasteiger partial charge < -0.3 is 5.32 Å².